The van der Waals surface area contributed by atoms with E-state index in [1.807, 2.05) is 28.2 Å². The molecular formula is C14H26N2O3. The van der Waals surface area contributed by atoms with E-state index in [0.29, 0.717) is 31.8 Å². The summed E-state index contributed by atoms with van der Waals surface area (Å²) in [6, 6.07) is 0. The van der Waals surface area contributed by atoms with Gasteiger partial charge >= 0.3 is 0 Å². The fourth-order valence-electron chi connectivity index (χ4n) is 3.29. The van der Waals surface area contributed by atoms with Gasteiger partial charge in [-0.1, -0.05) is 0 Å². The number of Topliss-reactive ketones (excluding diaryl/α,β-unsaturated/α-hetero) is 1. The molecular weight excluding hydrogens is 244 g/mol. The van der Waals surface area contributed by atoms with Crippen LogP contribution in [0.25, 0.3) is 0 Å². The molecule has 5 nitrogen and oxygen atoms in total. The van der Waals surface area contributed by atoms with Crippen LogP contribution in [0.4, 0.5) is 0 Å². The first-order valence-corrected chi connectivity index (χ1v) is 7.03. The lowest BCUT2D eigenvalue weighted by Gasteiger charge is -2.41. The van der Waals surface area contributed by atoms with Crippen molar-refractivity contribution in [1.29, 1.82) is 0 Å². The van der Waals surface area contributed by atoms with Crippen molar-refractivity contribution in [3.05, 3.63) is 0 Å². The van der Waals surface area contributed by atoms with Crippen molar-refractivity contribution in [2.45, 2.75) is 18.6 Å². The van der Waals surface area contributed by atoms with Crippen molar-refractivity contribution in [2.24, 2.45) is 11.8 Å². The zero-order valence-corrected chi connectivity index (χ0v) is 12.5. The van der Waals surface area contributed by atoms with Crippen LogP contribution >= 0.6 is 0 Å². The van der Waals surface area contributed by atoms with Gasteiger partial charge in [0.2, 0.25) is 0 Å². The Morgan fingerprint density at radius 2 is 1.42 bits per heavy atom. The Bertz CT molecular complexity index is 301. The average Bonchev–Trinajstić information content (AvgIpc) is 2.72. The second kappa shape index (κ2) is 5.87. The minimum atomic E-state index is -0.505. The molecule has 0 unspecified atom stereocenters. The first kappa shape index (κ1) is 14.9. The number of ether oxygens (including phenoxy) is 2. The highest BCUT2D eigenvalue weighted by Gasteiger charge is 2.49. The summed E-state index contributed by atoms with van der Waals surface area (Å²) in [5.74, 6) is -0.0966. The summed E-state index contributed by atoms with van der Waals surface area (Å²) < 4.78 is 11.7. The fourth-order valence-corrected chi connectivity index (χ4v) is 3.29. The van der Waals surface area contributed by atoms with Gasteiger partial charge in [-0.15, -0.1) is 0 Å². The minimum Gasteiger partial charge on any atom is -0.347 e. The largest absolute Gasteiger partial charge is 0.347 e. The second-order valence-corrected chi connectivity index (χ2v) is 6.34. The molecule has 2 aliphatic rings. The predicted molar refractivity (Wildman–Crippen MR) is 73.0 cm³/mol. The van der Waals surface area contributed by atoms with E-state index in [1.165, 1.54) is 0 Å². The molecule has 1 aliphatic carbocycles. The average molecular weight is 270 g/mol. The van der Waals surface area contributed by atoms with Gasteiger partial charge in [-0.05, 0) is 28.2 Å². The van der Waals surface area contributed by atoms with E-state index in [0.717, 1.165) is 13.1 Å². The molecule has 0 aromatic heterocycles. The third kappa shape index (κ3) is 3.54. The van der Waals surface area contributed by atoms with E-state index in [1.54, 1.807) is 0 Å². The molecule has 0 amide bonds. The highest BCUT2D eigenvalue weighted by atomic mass is 16.7. The number of rotatable bonds is 4. The Morgan fingerprint density at radius 1 is 1.00 bits per heavy atom. The third-order valence-electron chi connectivity index (χ3n) is 3.90. The van der Waals surface area contributed by atoms with Crippen molar-refractivity contribution in [2.75, 3.05) is 54.5 Å². The predicted octanol–water partition coefficient (Wildman–Crippen LogP) is 0.448. The molecule has 1 aliphatic heterocycles. The lowest BCUT2D eigenvalue weighted by molar-refractivity contribution is -0.200. The third-order valence-corrected chi connectivity index (χ3v) is 3.90. The van der Waals surface area contributed by atoms with Gasteiger partial charge in [0.25, 0.3) is 0 Å². The van der Waals surface area contributed by atoms with Crippen molar-refractivity contribution < 1.29 is 14.3 Å². The first-order valence-electron chi connectivity index (χ1n) is 7.03. The molecule has 110 valence electrons. The van der Waals surface area contributed by atoms with Crippen LogP contribution in [0.3, 0.4) is 0 Å². The van der Waals surface area contributed by atoms with Crippen LogP contribution in [-0.2, 0) is 14.3 Å². The number of ketones is 1. The Labute approximate surface area is 115 Å². The van der Waals surface area contributed by atoms with Crippen LogP contribution in [0.1, 0.15) is 12.8 Å². The van der Waals surface area contributed by atoms with Gasteiger partial charge in [-0.2, -0.15) is 0 Å². The van der Waals surface area contributed by atoms with Crippen molar-refractivity contribution in [3.63, 3.8) is 0 Å². The van der Waals surface area contributed by atoms with Crippen molar-refractivity contribution in [1.82, 2.24) is 9.80 Å². The summed E-state index contributed by atoms with van der Waals surface area (Å²) in [6.07, 6.45) is 1.40. The van der Waals surface area contributed by atoms with Gasteiger partial charge in [0.1, 0.15) is 5.78 Å². The maximum Gasteiger partial charge on any atom is 0.169 e. The molecule has 1 saturated carbocycles. The number of carbonyl (C=O) groups is 1. The number of hydrogen-bond acceptors (Lipinski definition) is 5. The lowest BCUT2D eigenvalue weighted by Crippen LogP contribution is -2.50. The Morgan fingerprint density at radius 3 is 1.79 bits per heavy atom. The van der Waals surface area contributed by atoms with E-state index in [4.69, 9.17) is 9.47 Å². The summed E-state index contributed by atoms with van der Waals surface area (Å²) in [5, 5.41) is 0. The maximum atomic E-state index is 12.6. The van der Waals surface area contributed by atoms with Gasteiger partial charge in [-0.3, -0.25) is 4.79 Å². The number of nitrogens with zero attached hydrogens (tertiary/aromatic N) is 2. The van der Waals surface area contributed by atoms with Crippen molar-refractivity contribution in [3.8, 4) is 0 Å². The fraction of sp³-hybridized carbons (Fsp3) is 0.929. The van der Waals surface area contributed by atoms with E-state index >= 15 is 0 Å². The molecule has 0 aromatic rings. The quantitative estimate of drug-likeness (QED) is 0.742. The normalized spacial score (nSPS) is 30.7. The van der Waals surface area contributed by atoms with Crippen LogP contribution in [0.15, 0.2) is 0 Å². The Balaban J connectivity index is 2.12. The molecule has 2 rings (SSSR count). The molecule has 1 spiro atoms. The summed E-state index contributed by atoms with van der Waals surface area (Å²) in [4.78, 5) is 16.7. The van der Waals surface area contributed by atoms with Crippen LogP contribution in [0.5, 0.6) is 0 Å². The standard InChI is InChI=1S/C14H26N2O3/c1-15(2)9-11-7-14(18-5-6-19-14)8-12(13(11)17)10-16(3)4/h11-12H,5-10H2,1-4H3/t11-,12-/m0/s1. The van der Waals surface area contributed by atoms with Gasteiger partial charge in [0.05, 0.1) is 13.2 Å². The maximum absolute atomic E-state index is 12.6. The SMILES string of the molecule is CN(C)C[C@@H]1CC2(C[C@@H](CN(C)C)C1=O)OCCO2. The summed E-state index contributed by atoms with van der Waals surface area (Å²) >= 11 is 0. The molecule has 2 fully saturated rings. The van der Waals surface area contributed by atoms with Crippen LogP contribution in [0, 0.1) is 11.8 Å². The van der Waals surface area contributed by atoms with Crippen LogP contribution in [-0.4, -0.2) is 75.9 Å². The van der Waals surface area contributed by atoms with Gasteiger partial charge < -0.3 is 19.3 Å². The molecule has 0 bridgehead atoms. The van der Waals surface area contributed by atoms with Crippen molar-refractivity contribution >= 4 is 5.78 Å². The molecule has 19 heavy (non-hydrogen) atoms. The summed E-state index contributed by atoms with van der Waals surface area (Å²) in [7, 11) is 8.02. The molecule has 0 N–H and O–H groups in total. The Kier molecular flexibility index (Phi) is 4.61. The highest BCUT2D eigenvalue weighted by molar-refractivity contribution is 5.85. The first-order chi connectivity index (χ1) is 8.92. The Hall–Kier alpha value is -0.490. The minimum absolute atomic E-state index is 0.0202. The number of carbonyl (C=O) groups excluding carboxylic acids is 1. The van der Waals surface area contributed by atoms with Crippen LogP contribution < -0.4 is 0 Å². The lowest BCUT2D eigenvalue weighted by atomic mass is 9.76. The summed E-state index contributed by atoms with van der Waals surface area (Å²) in [6.45, 7) is 2.85. The highest BCUT2D eigenvalue weighted by Crippen LogP contribution is 2.40. The number of hydrogen-bond donors (Lipinski definition) is 0. The smallest absolute Gasteiger partial charge is 0.169 e. The van der Waals surface area contributed by atoms with Gasteiger partial charge in [-0.25, -0.2) is 0 Å². The van der Waals surface area contributed by atoms with Gasteiger partial charge in [0, 0.05) is 37.8 Å². The van der Waals surface area contributed by atoms with E-state index in [9.17, 15) is 4.79 Å². The zero-order valence-electron chi connectivity index (χ0n) is 12.5. The molecule has 0 radical (unpaired) electrons. The summed E-state index contributed by atoms with van der Waals surface area (Å²) in [5.41, 5.74) is 0. The van der Waals surface area contributed by atoms with Crippen LogP contribution in [0.2, 0.25) is 0 Å². The topological polar surface area (TPSA) is 42.0 Å². The molecule has 5 heteroatoms. The second-order valence-electron chi connectivity index (χ2n) is 6.34. The zero-order chi connectivity index (χ0) is 14.0. The molecule has 0 aromatic carbocycles. The van der Waals surface area contributed by atoms with E-state index in [2.05, 4.69) is 9.80 Å². The molecule has 1 heterocycles. The van der Waals surface area contributed by atoms with E-state index < -0.39 is 5.79 Å². The monoisotopic (exact) mass is 270 g/mol. The van der Waals surface area contributed by atoms with E-state index in [-0.39, 0.29) is 11.8 Å². The molecule has 2 atom stereocenters. The van der Waals surface area contributed by atoms with Gasteiger partial charge in [0.15, 0.2) is 5.79 Å². The molecule has 1 saturated heterocycles.